The molecule has 0 aliphatic heterocycles. The molecule has 0 aliphatic carbocycles. The normalized spacial score (nSPS) is 12.4. The Bertz CT molecular complexity index is 442. The van der Waals surface area contributed by atoms with Gasteiger partial charge in [0.25, 0.3) is 0 Å². The molecule has 0 saturated heterocycles. The summed E-state index contributed by atoms with van der Waals surface area (Å²) in [5.74, 6) is -0.887. The maximum absolute atomic E-state index is 11.6. The maximum atomic E-state index is 11.6. The second-order valence-corrected chi connectivity index (χ2v) is 4.83. The van der Waals surface area contributed by atoms with Crippen molar-refractivity contribution >= 4 is 11.9 Å². The molecule has 0 unspecified atom stereocenters. The Morgan fingerprint density at radius 1 is 1.53 bits per heavy atom. The molecule has 0 aliphatic rings. The van der Waals surface area contributed by atoms with E-state index in [-0.39, 0.29) is 11.6 Å². The van der Waals surface area contributed by atoms with Gasteiger partial charge in [-0.15, -0.1) is 0 Å². The largest absolute Gasteiger partial charge is 0.476 e. The minimum atomic E-state index is -1.07. The Balaban J connectivity index is 2.33. The van der Waals surface area contributed by atoms with Gasteiger partial charge in [0.15, 0.2) is 5.69 Å². The first kappa shape index (κ1) is 15.2. The zero-order valence-electron chi connectivity index (χ0n) is 11.2. The van der Waals surface area contributed by atoms with Gasteiger partial charge in [-0.25, -0.2) is 9.78 Å². The molecule has 0 saturated carbocycles. The number of hydrogen-bond acceptors (Lipinski definition) is 4. The molecule has 7 nitrogen and oxygen atoms in total. The highest BCUT2D eigenvalue weighted by Crippen LogP contribution is 2.02. The van der Waals surface area contributed by atoms with Crippen molar-refractivity contribution in [2.24, 2.45) is 11.7 Å². The van der Waals surface area contributed by atoms with Crippen LogP contribution in [0.2, 0.25) is 0 Å². The number of imidazole rings is 1. The number of hydrogen-bond donors (Lipinski definition) is 3. The van der Waals surface area contributed by atoms with Gasteiger partial charge in [-0.1, -0.05) is 13.8 Å². The Kier molecular flexibility index (Phi) is 5.50. The molecule has 0 aromatic carbocycles. The fourth-order valence-corrected chi connectivity index (χ4v) is 1.65. The summed E-state index contributed by atoms with van der Waals surface area (Å²) in [5, 5.41) is 11.4. The molecule has 1 aromatic heterocycles. The number of nitrogens with one attached hydrogen (secondary N) is 1. The van der Waals surface area contributed by atoms with Crippen LogP contribution in [0.4, 0.5) is 0 Å². The molecule has 7 heteroatoms. The smallest absolute Gasteiger partial charge is 0.356 e. The summed E-state index contributed by atoms with van der Waals surface area (Å²) in [6, 6.07) is -0.502. The lowest BCUT2D eigenvalue weighted by molar-refractivity contribution is -0.122. The van der Waals surface area contributed by atoms with E-state index in [1.807, 2.05) is 13.8 Å². The average Bonchev–Trinajstić information content (AvgIpc) is 2.76. The van der Waals surface area contributed by atoms with Crippen LogP contribution >= 0.6 is 0 Å². The zero-order chi connectivity index (χ0) is 14.4. The summed E-state index contributed by atoms with van der Waals surface area (Å²) in [5.41, 5.74) is 5.72. The average molecular weight is 268 g/mol. The van der Waals surface area contributed by atoms with Crippen LogP contribution in [0.25, 0.3) is 0 Å². The number of nitrogens with zero attached hydrogens (tertiary/aromatic N) is 2. The minimum Gasteiger partial charge on any atom is -0.476 e. The Hall–Kier alpha value is -1.89. The number of aromatic carboxylic acids is 1. The standard InChI is InChI=1S/C12H20N4O3/c1-8(2)5-9(13)11(17)14-3-4-16-6-10(12(18)19)15-7-16/h6-9H,3-5,13H2,1-2H3,(H,14,17)(H,18,19)/t9-/m1/s1. The maximum Gasteiger partial charge on any atom is 0.356 e. The lowest BCUT2D eigenvalue weighted by Crippen LogP contribution is -2.42. The Labute approximate surface area is 111 Å². The number of aromatic nitrogens is 2. The number of carboxylic acids is 1. The van der Waals surface area contributed by atoms with Gasteiger partial charge in [0.1, 0.15) is 0 Å². The van der Waals surface area contributed by atoms with E-state index in [1.54, 1.807) is 4.57 Å². The second kappa shape index (κ2) is 6.89. The quantitative estimate of drug-likeness (QED) is 0.648. The molecule has 1 amide bonds. The van der Waals surface area contributed by atoms with Crippen molar-refractivity contribution < 1.29 is 14.7 Å². The number of nitrogens with two attached hydrogens (primary N) is 1. The van der Waals surface area contributed by atoms with E-state index in [1.165, 1.54) is 12.5 Å². The molecule has 1 rings (SSSR count). The molecule has 106 valence electrons. The molecule has 1 aromatic rings. The zero-order valence-corrected chi connectivity index (χ0v) is 11.2. The van der Waals surface area contributed by atoms with Crippen LogP contribution in [-0.4, -0.2) is 39.1 Å². The summed E-state index contributed by atoms with van der Waals surface area (Å²) >= 11 is 0. The molecule has 0 bridgehead atoms. The third-order valence-corrected chi connectivity index (χ3v) is 2.58. The molecular formula is C12H20N4O3. The van der Waals surface area contributed by atoms with Crippen molar-refractivity contribution in [2.75, 3.05) is 6.54 Å². The van der Waals surface area contributed by atoms with E-state index in [0.29, 0.717) is 25.4 Å². The van der Waals surface area contributed by atoms with E-state index < -0.39 is 12.0 Å². The van der Waals surface area contributed by atoms with Crippen molar-refractivity contribution in [1.29, 1.82) is 0 Å². The van der Waals surface area contributed by atoms with E-state index in [9.17, 15) is 9.59 Å². The monoisotopic (exact) mass is 268 g/mol. The lowest BCUT2D eigenvalue weighted by Gasteiger charge is -2.14. The minimum absolute atomic E-state index is 0.0113. The van der Waals surface area contributed by atoms with Crippen molar-refractivity contribution in [1.82, 2.24) is 14.9 Å². The van der Waals surface area contributed by atoms with Gasteiger partial charge in [-0.3, -0.25) is 4.79 Å². The topological polar surface area (TPSA) is 110 Å². The third-order valence-electron chi connectivity index (χ3n) is 2.58. The van der Waals surface area contributed by atoms with E-state index in [0.717, 1.165) is 0 Å². The van der Waals surface area contributed by atoms with E-state index in [4.69, 9.17) is 10.8 Å². The Morgan fingerprint density at radius 2 is 2.21 bits per heavy atom. The highest BCUT2D eigenvalue weighted by molar-refractivity contribution is 5.84. The van der Waals surface area contributed by atoms with Gasteiger partial charge in [-0.2, -0.15) is 0 Å². The predicted molar refractivity (Wildman–Crippen MR) is 69.6 cm³/mol. The SMILES string of the molecule is CC(C)C[C@@H](N)C(=O)NCCn1cnc(C(=O)O)c1. The molecule has 1 atom stereocenters. The summed E-state index contributed by atoms with van der Waals surface area (Å²) in [4.78, 5) is 26.0. The van der Waals surface area contributed by atoms with Gasteiger partial charge in [-0.05, 0) is 12.3 Å². The van der Waals surface area contributed by atoms with E-state index in [2.05, 4.69) is 10.3 Å². The number of rotatable bonds is 7. The number of amides is 1. The lowest BCUT2D eigenvalue weighted by atomic mass is 10.0. The summed E-state index contributed by atoms with van der Waals surface area (Å²) in [6.45, 7) is 4.86. The molecule has 0 fully saturated rings. The van der Waals surface area contributed by atoms with Crippen LogP contribution in [0, 0.1) is 5.92 Å². The van der Waals surface area contributed by atoms with Crippen LogP contribution in [-0.2, 0) is 11.3 Å². The van der Waals surface area contributed by atoms with Crippen LogP contribution in [0.5, 0.6) is 0 Å². The van der Waals surface area contributed by atoms with Crippen molar-refractivity contribution in [3.8, 4) is 0 Å². The first-order valence-electron chi connectivity index (χ1n) is 6.18. The van der Waals surface area contributed by atoms with Crippen LogP contribution in [0.1, 0.15) is 30.8 Å². The fourth-order valence-electron chi connectivity index (χ4n) is 1.65. The van der Waals surface area contributed by atoms with Crippen LogP contribution in [0.3, 0.4) is 0 Å². The number of carbonyl (C=O) groups is 2. The van der Waals surface area contributed by atoms with Crippen molar-refractivity contribution in [2.45, 2.75) is 32.9 Å². The summed E-state index contributed by atoms with van der Waals surface area (Å²) in [6.07, 6.45) is 3.48. The van der Waals surface area contributed by atoms with Crippen molar-refractivity contribution in [3.63, 3.8) is 0 Å². The van der Waals surface area contributed by atoms with Gasteiger partial charge < -0.3 is 20.7 Å². The molecule has 4 N–H and O–H groups in total. The second-order valence-electron chi connectivity index (χ2n) is 4.83. The van der Waals surface area contributed by atoms with Crippen LogP contribution in [0.15, 0.2) is 12.5 Å². The first-order chi connectivity index (χ1) is 8.90. The Morgan fingerprint density at radius 3 is 2.74 bits per heavy atom. The predicted octanol–water partition coefficient (Wildman–Crippen LogP) is 0.0709. The molecule has 0 radical (unpaired) electrons. The highest BCUT2D eigenvalue weighted by Gasteiger charge is 2.14. The molecule has 19 heavy (non-hydrogen) atoms. The van der Waals surface area contributed by atoms with Gasteiger partial charge in [0, 0.05) is 19.3 Å². The highest BCUT2D eigenvalue weighted by atomic mass is 16.4. The number of carboxylic acid groups (broad SMARTS) is 1. The summed E-state index contributed by atoms with van der Waals surface area (Å²) in [7, 11) is 0. The van der Waals surface area contributed by atoms with Crippen LogP contribution < -0.4 is 11.1 Å². The summed E-state index contributed by atoms with van der Waals surface area (Å²) < 4.78 is 1.61. The van der Waals surface area contributed by atoms with E-state index >= 15 is 0 Å². The fraction of sp³-hybridized carbons (Fsp3) is 0.583. The van der Waals surface area contributed by atoms with Gasteiger partial charge in [0.05, 0.1) is 12.4 Å². The third kappa shape index (κ3) is 5.09. The van der Waals surface area contributed by atoms with Crippen molar-refractivity contribution in [3.05, 3.63) is 18.2 Å². The first-order valence-corrected chi connectivity index (χ1v) is 6.18. The molecule has 1 heterocycles. The van der Waals surface area contributed by atoms with Gasteiger partial charge in [0.2, 0.25) is 5.91 Å². The molecule has 0 spiro atoms. The molecular weight excluding hydrogens is 248 g/mol. The number of carbonyl (C=O) groups excluding carboxylic acids is 1. The van der Waals surface area contributed by atoms with Gasteiger partial charge >= 0.3 is 5.97 Å².